The van der Waals surface area contributed by atoms with Crippen LogP contribution in [0.5, 0.6) is 0 Å². The first-order valence-electron chi connectivity index (χ1n) is 6.14. The molecule has 0 unspecified atom stereocenters. The van der Waals surface area contributed by atoms with Crippen molar-refractivity contribution in [2.45, 2.75) is 60.5 Å². The van der Waals surface area contributed by atoms with E-state index in [9.17, 15) is 83.4 Å². The topological polar surface area (TPSA) is 0 Å². The quantitative estimate of drug-likeness (QED) is 0.339. The van der Waals surface area contributed by atoms with E-state index in [1.54, 1.807) is 0 Å². The summed E-state index contributed by atoms with van der Waals surface area (Å²) in [5, 5.41) is 0. The fraction of sp³-hybridized carbons (Fsp3) is 1.00. The fourth-order valence-electron chi connectivity index (χ4n) is 1.46. The van der Waals surface area contributed by atoms with Gasteiger partial charge in [-0.3, -0.25) is 0 Å². The van der Waals surface area contributed by atoms with Crippen molar-refractivity contribution in [2.24, 2.45) is 0 Å². The van der Waals surface area contributed by atoms with Crippen molar-refractivity contribution >= 4 is 0 Å². The Morgan fingerprint density at radius 1 is 0.414 bits per heavy atom. The Labute approximate surface area is 145 Å². The van der Waals surface area contributed by atoms with Gasteiger partial charge in [0.2, 0.25) is 0 Å². The maximum absolute atomic E-state index is 13.1. The van der Waals surface area contributed by atoms with Gasteiger partial charge < -0.3 is 0 Å². The highest BCUT2D eigenvalue weighted by atomic mass is 19.4. The van der Waals surface area contributed by atoms with E-state index in [4.69, 9.17) is 0 Å². The van der Waals surface area contributed by atoms with Crippen molar-refractivity contribution in [3.05, 3.63) is 0 Å². The van der Waals surface area contributed by atoms with Gasteiger partial charge in [0.05, 0.1) is 6.42 Å². The van der Waals surface area contributed by atoms with Crippen LogP contribution < -0.4 is 0 Å². The number of hydrogen-bond acceptors (Lipinski definition) is 0. The van der Waals surface area contributed by atoms with Gasteiger partial charge in [-0.25, -0.2) is 8.78 Å². The molecule has 0 aliphatic rings. The molecule has 0 aliphatic heterocycles. The largest absolute Gasteiger partial charge is 0.453 e. The van der Waals surface area contributed by atoms with E-state index in [1.165, 1.54) is 0 Å². The van der Waals surface area contributed by atoms with E-state index in [2.05, 4.69) is 0 Å². The van der Waals surface area contributed by atoms with Crippen LogP contribution in [-0.2, 0) is 0 Å². The van der Waals surface area contributed by atoms with Gasteiger partial charge in [0, 0.05) is 0 Å². The Morgan fingerprint density at radius 2 is 0.724 bits per heavy atom. The number of halogens is 19. The predicted octanol–water partition coefficient (Wildman–Crippen LogP) is 6.65. The van der Waals surface area contributed by atoms with E-state index in [1.807, 2.05) is 0 Å². The average molecular weight is 484 g/mol. The van der Waals surface area contributed by atoms with Crippen LogP contribution in [-0.4, -0.2) is 54.1 Å². The van der Waals surface area contributed by atoms with E-state index in [-0.39, 0.29) is 0 Å². The second-order valence-electron chi connectivity index (χ2n) is 5.30. The first-order valence-corrected chi connectivity index (χ1v) is 6.14. The van der Waals surface area contributed by atoms with Crippen molar-refractivity contribution in [3.63, 3.8) is 0 Å². The molecule has 19 heteroatoms. The Balaban J connectivity index is 6.46. The highest BCUT2D eigenvalue weighted by Gasteiger charge is 2.91. The standard InChI is InChI=1S/C10H3F19/c11-2(12)5(17,18)7(21,22)9(25,26)8(23,24)6(19,20)3(13,14)1-4(15,16)10(27,28)29/h2H,1H2. The summed E-state index contributed by atoms with van der Waals surface area (Å²) in [6.45, 7) is 0. The molecule has 0 saturated carbocycles. The van der Waals surface area contributed by atoms with Crippen LogP contribution in [0.15, 0.2) is 0 Å². The lowest BCUT2D eigenvalue weighted by Crippen LogP contribution is -2.72. The molecule has 0 aromatic rings. The molecule has 0 radical (unpaired) electrons. The molecule has 0 fully saturated rings. The molecule has 0 bridgehead atoms. The van der Waals surface area contributed by atoms with Crippen LogP contribution in [0.2, 0.25) is 0 Å². The molecule has 0 amide bonds. The van der Waals surface area contributed by atoms with Gasteiger partial charge in [-0.05, 0) is 0 Å². The third-order valence-electron chi connectivity index (χ3n) is 3.19. The highest BCUT2D eigenvalue weighted by molar-refractivity contribution is 5.12. The van der Waals surface area contributed by atoms with Gasteiger partial charge in [0.15, 0.2) is 0 Å². The lowest BCUT2D eigenvalue weighted by molar-refractivity contribution is -0.437. The van der Waals surface area contributed by atoms with Crippen LogP contribution in [0, 0.1) is 0 Å². The van der Waals surface area contributed by atoms with Gasteiger partial charge in [0.25, 0.3) is 0 Å². The van der Waals surface area contributed by atoms with Crippen molar-refractivity contribution in [3.8, 4) is 0 Å². The zero-order valence-corrected chi connectivity index (χ0v) is 12.5. The normalized spacial score (nSPS) is 16.6. The summed E-state index contributed by atoms with van der Waals surface area (Å²) in [6.07, 6.45) is -17.8. The second-order valence-corrected chi connectivity index (χ2v) is 5.30. The molecule has 176 valence electrons. The van der Waals surface area contributed by atoms with Crippen LogP contribution in [0.1, 0.15) is 6.42 Å². The molecule has 0 aromatic heterocycles. The number of hydrogen-bond donors (Lipinski definition) is 0. The summed E-state index contributed by atoms with van der Waals surface area (Å²) >= 11 is 0. The predicted molar refractivity (Wildman–Crippen MR) is 51.3 cm³/mol. The lowest BCUT2D eigenvalue weighted by Gasteiger charge is -2.41. The van der Waals surface area contributed by atoms with Crippen LogP contribution in [0.3, 0.4) is 0 Å². The zero-order valence-electron chi connectivity index (χ0n) is 12.5. The van der Waals surface area contributed by atoms with Gasteiger partial charge in [-0.1, -0.05) is 0 Å². The fourth-order valence-corrected chi connectivity index (χ4v) is 1.46. The van der Waals surface area contributed by atoms with Crippen LogP contribution >= 0.6 is 0 Å². The molecular formula is C10H3F19. The summed E-state index contributed by atoms with van der Waals surface area (Å²) in [5.74, 6) is -55.7. The van der Waals surface area contributed by atoms with Crippen molar-refractivity contribution in [2.75, 3.05) is 0 Å². The van der Waals surface area contributed by atoms with Crippen LogP contribution in [0.4, 0.5) is 83.4 Å². The van der Waals surface area contributed by atoms with E-state index < -0.39 is 60.5 Å². The summed E-state index contributed by atoms with van der Waals surface area (Å²) in [6, 6.07) is 0. The third kappa shape index (κ3) is 3.88. The van der Waals surface area contributed by atoms with E-state index in [0.29, 0.717) is 0 Å². The molecule has 0 atom stereocenters. The molecule has 0 heterocycles. The second kappa shape index (κ2) is 6.84. The third-order valence-corrected chi connectivity index (χ3v) is 3.19. The van der Waals surface area contributed by atoms with Crippen molar-refractivity contribution in [1.29, 1.82) is 0 Å². The Kier molecular flexibility index (Phi) is 6.53. The highest BCUT2D eigenvalue weighted by Crippen LogP contribution is 2.62. The molecule has 0 N–H and O–H groups in total. The molecular weight excluding hydrogens is 481 g/mol. The molecule has 0 aromatic carbocycles. The number of alkyl halides is 19. The first-order chi connectivity index (χ1) is 12.2. The minimum absolute atomic E-state index is 4.71. The smallest absolute Gasteiger partial charge is 0.203 e. The first kappa shape index (κ1) is 27.7. The minimum Gasteiger partial charge on any atom is -0.203 e. The average Bonchev–Trinajstić information content (AvgIpc) is 2.43. The molecule has 0 aliphatic carbocycles. The maximum atomic E-state index is 13.1. The minimum atomic E-state index is -8.53. The molecule has 0 nitrogen and oxygen atoms in total. The Bertz CT molecular complexity index is 580. The summed E-state index contributed by atoms with van der Waals surface area (Å²) in [4.78, 5) is 0. The van der Waals surface area contributed by atoms with E-state index >= 15 is 0 Å². The van der Waals surface area contributed by atoms with Crippen LogP contribution in [0.25, 0.3) is 0 Å². The summed E-state index contributed by atoms with van der Waals surface area (Å²) < 4.78 is 238. The summed E-state index contributed by atoms with van der Waals surface area (Å²) in [5.41, 5.74) is 0. The van der Waals surface area contributed by atoms with Gasteiger partial charge in [-0.2, -0.15) is 74.6 Å². The molecule has 29 heavy (non-hydrogen) atoms. The van der Waals surface area contributed by atoms with E-state index in [0.717, 1.165) is 0 Å². The van der Waals surface area contributed by atoms with Crippen molar-refractivity contribution < 1.29 is 83.4 Å². The Morgan fingerprint density at radius 3 is 1.00 bits per heavy atom. The summed E-state index contributed by atoms with van der Waals surface area (Å²) in [7, 11) is 0. The molecule has 0 rings (SSSR count). The lowest BCUT2D eigenvalue weighted by atomic mass is 9.89. The zero-order chi connectivity index (χ0) is 24.3. The Hall–Kier alpha value is -1.33. The molecule has 0 saturated heterocycles. The van der Waals surface area contributed by atoms with Crippen molar-refractivity contribution in [1.82, 2.24) is 0 Å². The molecule has 0 spiro atoms. The van der Waals surface area contributed by atoms with Gasteiger partial charge >= 0.3 is 54.1 Å². The SMILES string of the molecule is FC(F)C(F)(F)C(F)(F)C(F)(F)C(F)(F)C(F)(F)C(F)(F)CC(F)(F)C(F)(F)F. The monoisotopic (exact) mass is 484 g/mol. The number of rotatable bonds is 8. The van der Waals surface area contributed by atoms with Gasteiger partial charge in [-0.15, -0.1) is 0 Å². The maximum Gasteiger partial charge on any atom is 0.453 e. The van der Waals surface area contributed by atoms with Gasteiger partial charge in [0.1, 0.15) is 0 Å².